The Hall–Kier alpha value is -2.12. The zero-order valence-electron chi connectivity index (χ0n) is 19.3. The Morgan fingerprint density at radius 3 is 2.82 bits per heavy atom. The number of aromatic nitrogens is 2. The largest absolute Gasteiger partial charge is 0.338 e. The molecule has 0 saturated carbocycles. The van der Waals surface area contributed by atoms with Crippen LogP contribution < -0.4 is 5.32 Å². The number of hydrogen-bond acceptors (Lipinski definition) is 4. The monoisotopic (exact) mass is 412 g/mol. The summed E-state index contributed by atoms with van der Waals surface area (Å²) in [6.07, 6.45) is -1.42. The Kier molecular flexibility index (Phi) is 5.02. The van der Waals surface area contributed by atoms with E-state index < -0.39 is 36.7 Å². The molecule has 1 amide bonds. The number of alkyl halides is 1. The average molecular weight is 413 g/mol. The zero-order chi connectivity index (χ0) is 23.7. The number of amides is 1. The molecule has 3 rings (SSSR count). The van der Waals surface area contributed by atoms with Gasteiger partial charge in [0.2, 0.25) is 0 Å². The molecule has 2 aromatic rings. The van der Waals surface area contributed by atoms with Crippen LogP contribution in [0.1, 0.15) is 46.9 Å². The Morgan fingerprint density at radius 1 is 1.43 bits per heavy atom. The molecule has 1 fully saturated rings. The second-order valence-corrected chi connectivity index (χ2v) is 6.90. The Labute approximate surface area is 173 Å². The lowest BCUT2D eigenvalue weighted by Crippen LogP contribution is -2.48. The predicted octanol–water partition coefficient (Wildman–Crippen LogP) is 3.57. The van der Waals surface area contributed by atoms with E-state index in [1.54, 1.807) is 0 Å². The summed E-state index contributed by atoms with van der Waals surface area (Å²) in [7, 11) is 0. The van der Waals surface area contributed by atoms with E-state index in [-0.39, 0.29) is 36.6 Å². The molecule has 1 unspecified atom stereocenters. The number of rotatable bonds is 6. The number of nitrogens with one attached hydrogen (secondary N) is 1. The number of halogens is 3. The minimum absolute atomic E-state index is 0.0116. The summed E-state index contributed by atoms with van der Waals surface area (Å²) >= 11 is 5.72. The third-order valence-corrected chi connectivity index (χ3v) is 4.79. The van der Waals surface area contributed by atoms with Crippen LogP contribution in [0.3, 0.4) is 0 Å². The van der Waals surface area contributed by atoms with Crippen molar-refractivity contribution >= 4 is 17.5 Å². The smallest absolute Gasteiger partial charge is 0.253 e. The van der Waals surface area contributed by atoms with Crippen molar-refractivity contribution in [2.24, 2.45) is 0 Å². The molecule has 5 nitrogen and oxygen atoms in total. The summed E-state index contributed by atoms with van der Waals surface area (Å²) in [4.78, 5) is 21.9. The van der Waals surface area contributed by atoms with Crippen molar-refractivity contribution in [3.63, 3.8) is 0 Å². The van der Waals surface area contributed by atoms with E-state index >= 15 is 4.39 Å². The first kappa shape index (κ1) is 15.8. The molecule has 1 aliphatic heterocycles. The van der Waals surface area contributed by atoms with Crippen LogP contribution in [-0.4, -0.2) is 46.1 Å². The molecule has 0 bridgehead atoms. The Bertz CT molecular complexity index is 991. The SMILES string of the molecule is [2H]C([2H])(C)c1cnc(CNCC2(F)CCN(C(=O)c3ccc(F)c(Cl)c3)CC2([2H])[2H])nc1. The number of aryl methyl sites for hydroxylation is 1. The van der Waals surface area contributed by atoms with Crippen molar-refractivity contribution in [2.75, 3.05) is 19.6 Å². The van der Waals surface area contributed by atoms with E-state index in [0.29, 0.717) is 11.4 Å². The lowest BCUT2D eigenvalue weighted by molar-refractivity contribution is 0.0434. The predicted molar refractivity (Wildman–Crippen MR) is 104 cm³/mol. The molecular weight excluding hydrogens is 386 g/mol. The van der Waals surface area contributed by atoms with Crippen LogP contribution in [-0.2, 0) is 12.9 Å². The number of piperidine rings is 1. The van der Waals surface area contributed by atoms with Gasteiger partial charge in [0, 0.05) is 55.9 Å². The molecule has 1 aromatic heterocycles. The maximum Gasteiger partial charge on any atom is 0.253 e. The first-order chi connectivity index (χ1) is 14.8. The van der Waals surface area contributed by atoms with Crippen molar-refractivity contribution in [2.45, 2.75) is 38.3 Å². The van der Waals surface area contributed by atoms with Gasteiger partial charge in [0.1, 0.15) is 17.3 Å². The Balaban J connectivity index is 1.60. The lowest BCUT2D eigenvalue weighted by Gasteiger charge is -2.36. The second kappa shape index (κ2) is 8.92. The topological polar surface area (TPSA) is 58.1 Å². The number of nitrogens with zero attached hydrogens (tertiary/aromatic N) is 3. The van der Waals surface area contributed by atoms with Gasteiger partial charge in [0.15, 0.2) is 0 Å². The first-order valence-corrected chi connectivity index (χ1v) is 9.16. The minimum Gasteiger partial charge on any atom is -0.338 e. The van der Waals surface area contributed by atoms with E-state index in [1.807, 2.05) is 0 Å². The normalized spacial score (nSPS) is 24.1. The summed E-state index contributed by atoms with van der Waals surface area (Å²) in [5, 5.41) is 2.60. The van der Waals surface area contributed by atoms with Gasteiger partial charge < -0.3 is 10.2 Å². The molecule has 0 spiro atoms. The highest BCUT2D eigenvalue weighted by atomic mass is 35.5. The van der Waals surface area contributed by atoms with E-state index in [9.17, 15) is 9.18 Å². The fourth-order valence-electron chi connectivity index (χ4n) is 2.80. The third kappa shape index (κ3) is 5.02. The molecule has 28 heavy (non-hydrogen) atoms. The summed E-state index contributed by atoms with van der Waals surface area (Å²) in [5.41, 5.74) is -1.81. The standard InChI is InChI=1S/C20H23ClF2N4O/c1-2-14-10-25-18(26-11-14)12-24-13-20(23)5-7-27(8-6-20)19(28)15-3-4-17(22)16(21)9-15/h3-4,9-11,24H,2,5-8,12-13H2,1H3/i2D2,5D2. The molecule has 2 heterocycles. The number of likely N-dealkylation sites (tertiary alicyclic amines) is 1. The van der Waals surface area contributed by atoms with Gasteiger partial charge >= 0.3 is 0 Å². The number of hydrogen-bond donors (Lipinski definition) is 1. The fraction of sp³-hybridized carbons (Fsp3) is 0.450. The second-order valence-electron chi connectivity index (χ2n) is 6.49. The summed E-state index contributed by atoms with van der Waals surface area (Å²) < 4.78 is 60.5. The molecule has 1 aliphatic rings. The van der Waals surface area contributed by atoms with Crippen LogP contribution in [0.15, 0.2) is 30.6 Å². The van der Waals surface area contributed by atoms with Gasteiger partial charge in [-0.3, -0.25) is 4.79 Å². The van der Waals surface area contributed by atoms with Gasteiger partial charge in [-0.15, -0.1) is 0 Å². The van der Waals surface area contributed by atoms with Gasteiger partial charge in [-0.05, 0) is 30.1 Å². The van der Waals surface area contributed by atoms with Gasteiger partial charge in [0.25, 0.3) is 5.91 Å². The quantitative estimate of drug-likeness (QED) is 0.788. The average Bonchev–Trinajstić information content (AvgIpc) is 2.71. The number of benzene rings is 1. The summed E-state index contributed by atoms with van der Waals surface area (Å²) in [6.45, 7) is 0.675. The first-order valence-electron chi connectivity index (χ1n) is 10.8. The minimum atomic E-state index is -2.33. The molecule has 1 N–H and O–H groups in total. The summed E-state index contributed by atoms with van der Waals surface area (Å²) in [6, 6.07) is 3.48. The highest BCUT2D eigenvalue weighted by molar-refractivity contribution is 6.31. The van der Waals surface area contributed by atoms with Crippen molar-refractivity contribution < 1.29 is 19.1 Å². The maximum absolute atomic E-state index is 15.5. The van der Waals surface area contributed by atoms with Gasteiger partial charge in [-0.2, -0.15) is 0 Å². The molecule has 1 aromatic carbocycles. The van der Waals surface area contributed by atoms with Crippen molar-refractivity contribution in [3.8, 4) is 0 Å². The molecule has 1 atom stereocenters. The van der Waals surface area contributed by atoms with Crippen LogP contribution in [0.25, 0.3) is 0 Å². The van der Waals surface area contributed by atoms with E-state index in [1.165, 1.54) is 36.4 Å². The highest BCUT2D eigenvalue weighted by Crippen LogP contribution is 2.27. The molecule has 0 aliphatic carbocycles. The molecule has 0 radical (unpaired) electrons. The molecule has 8 heteroatoms. The van der Waals surface area contributed by atoms with E-state index in [4.69, 9.17) is 17.1 Å². The molecule has 150 valence electrons. The van der Waals surface area contributed by atoms with Gasteiger partial charge in [-0.25, -0.2) is 18.7 Å². The molecular formula is C20H23ClF2N4O. The third-order valence-electron chi connectivity index (χ3n) is 4.50. The Morgan fingerprint density at radius 2 is 2.18 bits per heavy atom. The number of carbonyl (C=O) groups is 1. The van der Waals surface area contributed by atoms with Crippen molar-refractivity contribution in [1.29, 1.82) is 0 Å². The van der Waals surface area contributed by atoms with Crippen molar-refractivity contribution in [1.82, 2.24) is 20.2 Å². The maximum atomic E-state index is 15.5. The highest BCUT2D eigenvalue weighted by Gasteiger charge is 2.36. The van der Waals surface area contributed by atoms with E-state index in [0.717, 1.165) is 6.07 Å². The van der Waals surface area contributed by atoms with Crippen LogP contribution in [0.4, 0.5) is 8.78 Å². The number of carbonyl (C=O) groups excluding carboxylic acids is 1. The lowest BCUT2D eigenvalue weighted by atomic mass is 9.92. The fourth-order valence-corrected chi connectivity index (χ4v) is 2.98. The van der Waals surface area contributed by atoms with Crippen LogP contribution in [0.2, 0.25) is 5.02 Å². The van der Waals surface area contributed by atoms with Crippen LogP contribution in [0.5, 0.6) is 0 Å². The van der Waals surface area contributed by atoms with E-state index in [2.05, 4.69) is 15.3 Å². The van der Waals surface area contributed by atoms with Gasteiger partial charge in [0.05, 0.1) is 11.6 Å². The van der Waals surface area contributed by atoms with Crippen LogP contribution >= 0.6 is 11.6 Å². The summed E-state index contributed by atoms with van der Waals surface area (Å²) in [5.74, 6) is -0.893. The van der Waals surface area contributed by atoms with Crippen molar-refractivity contribution in [3.05, 3.63) is 58.4 Å². The molecule has 1 saturated heterocycles. The van der Waals surface area contributed by atoms with Gasteiger partial charge in [-0.1, -0.05) is 18.5 Å². The van der Waals surface area contributed by atoms with Crippen LogP contribution in [0, 0.1) is 5.82 Å². The zero-order valence-corrected chi connectivity index (χ0v) is 16.1.